The SMILES string of the molecule is NC(=O)CCS(=O)(=O)CCN(CCC(=O)O)C1CC1. The summed E-state index contributed by atoms with van der Waals surface area (Å²) in [7, 11) is -3.31. The summed E-state index contributed by atoms with van der Waals surface area (Å²) >= 11 is 0. The molecule has 0 spiro atoms. The van der Waals surface area contributed by atoms with Crippen LogP contribution in [-0.2, 0) is 19.4 Å². The molecule has 1 rings (SSSR count). The van der Waals surface area contributed by atoms with Gasteiger partial charge in [-0.25, -0.2) is 8.42 Å². The number of primary amides is 1. The zero-order valence-corrected chi connectivity index (χ0v) is 11.6. The van der Waals surface area contributed by atoms with Crippen LogP contribution in [0, 0.1) is 0 Å². The standard InChI is InChI=1S/C11H20N2O5S/c12-10(14)4-7-19(17,18)8-6-13(9-1-2-9)5-3-11(15)16/h9H,1-8H2,(H2,12,14)(H,15,16). The van der Waals surface area contributed by atoms with Crippen LogP contribution in [0.15, 0.2) is 0 Å². The molecule has 8 heteroatoms. The van der Waals surface area contributed by atoms with E-state index in [1.54, 1.807) is 0 Å². The Morgan fingerprint density at radius 2 is 1.79 bits per heavy atom. The van der Waals surface area contributed by atoms with Gasteiger partial charge in [0.2, 0.25) is 5.91 Å². The lowest BCUT2D eigenvalue weighted by Crippen LogP contribution is -2.34. The quantitative estimate of drug-likeness (QED) is 0.545. The van der Waals surface area contributed by atoms with E-state index < -0.39 is 21.7 Å². The summed E-state index contributed by atoms with van der Waals surface area (Å²) in [5.41, 5.74) is 4.92. The van der Waals surface area contributed by atoms with Crippen molar-refractivity contribution in [1.29, 1.82) is 0 Å². The van der Waals surface area contributed by atoms with Crippen molar-refractivity contribution in [3.63, 3.8) is 0 Å². The number of carbonyl (C=O) groups excluding carboxylic acids is 1. The Labute approximate surface area is 112 Å². The molecule has 0 saturated heterocycles. The first-order chi connectivity index (χ1) is 8.80. The van der Waals surface area contributed by atoms with Gasteiger partial charge in [0.15, 0.2) is 9.84 Å². The number of aliphatic carboxylic acids is 1. The van der Waals surface area contributed by atoms with Gasteiger partial charge in [-0.15, -0.1) is 0 Å². The number of rotatable bonds is 10. The number of carboxylic acid groups (broad SMARTS) is 1. The van der Waals surface area contributed by atoms with E-state index in [-0.39, 0.29) is 24.3 Å². The number of hydrogen-bond acceptors (Lipinski definition) is 5. The van der Waals surface area contributed by atoms with Crippen LogP contribution in [0.1, 0.15) is 25.7 Å². The molecule has 0 aromatic heterocycles. The molecule has 0 bridgehead atoms. The topological polar surface area (TPSA) is 118 Å². The van der Waals surface area contributed by atoms with Gasteiger partial charge in [-0.3, -0.25) is 14.5 Å². The molecule has 7 nitrogen and oxygen atoms in total. The van der Waals surface area contributed by atoms with Crippen molar-refractivity contribution < 1.29 is 23.1 Å². The summed E-state index contributed by atoms with van der Waals surface area (Å²) in [6, 6.07) is 0.311. The maximum atomic E-state index is 11.7. The molecule has 0 aliphatic heterocycles. The molecule has 0 aromatic carbocycles. The molecule has 1 amide bonds. The third kappa shape index (κ3) is 7.12. The minimum Gasteiger partial charge on any atom is -0.481 e. The van der Waals surface area contributed by atoms with Crippen LogP contribution in [0.4, 0.5) is 0 Å². The number of amides is 1. The minimum absolute atomic E-state index is 0.0117. The summed E-state index contributed by atoms with van der Waals surface area (Å²) in [4.78, 5) is 23.0. The van der Waals surface area contributed by atoms with Gasteiger partial charge in [0, 0.05) is 25.6 Å². The fourth-order valence-corrected chi connectivity index (χ4v) is 3.00. The van der Waals surface area contributed by atoms with E-state index in [2.05, 4.69) is 0 Å². The van der Waals surface area contributed by atoms with E-state index in [0.29, 0.717) is 19.1 Å². The molecule has 0 atom stereocenters. The lowest BCUT2D eigenvalue weighted by molar-refractivity contribution is -0.137. The molecular formula is C11H20N2O5S. The Kier molecular flexibility index (Phi) is 5.74. The number of carbonyl (C=O) groups is 2. The maximum Gasteiger partial charge on any atom is 0.304 e. The Morgan fingerprint density at radius 1 is 1.16 bits per heavy atom. The van der Waals surface area contributed by atoms with Crippen LogP contribution < -0.4 is 5.73 Å². The van der Waals surface area contributed by atoms with Gasteiger partial charge in [-0.1, -0.05) is 0 Å². The molecule has 0 heterocycles. The Balaban J connectivity index is 2.38. The predicted octanol–water partition coefficient (Wildman–Crippen LogP) is -0.784. The van der Waals surface area contributed by atoms with E-state index in [9.17, 15) is 18.0 Å². The molecule has 1 fully saturated rings. The zero-order valence-electron chi connectivity index (χ0n) is 10.7. The van der Waals surface area contributed by atoms with E-state index >= 15 is 0 Å². The highest BCUT2D eigenvalue weighted by atomic mass is 32.2. The maximum absolute atomic E-state index is 11.7. The smallest absolute Gasteiger partial charge is 0.304 e. The average molecular weight is 292 g/mol. The molecular weight excluding hydrogens is 272 g/mol. The van der Waals surface area contributed by atoms with Crippen molar-refractivity contribution in [2.45, 2.75) is 31.7 Å². The van der Waals surface area contributed by atoms with Gasteiger partial charge in [0.05, 0.1) is 17.9 Å². The summed E-state index contributed by atoms with van der Waals surface area (Å²) in [5, 5.41) is 8.64. The first-order valence-electron chi connectivity index (χ1n) is 6.25. The van der Waals surface area contributed by atoms with Crippen molar-refractivity contribution in [1.82, 2.24) is 4.90 Å². The third-order valence-corrected chi connectivity index (χ3v) is 4.66. The van der Waals surface area contributed by atoms with Crippen LogP contribution in [0.25, 0.3) is 0 Å². The summed E-state index contributed by atoms with van der Waals surface area (Å²) in [5.74, 6) is -1.81. The van der Waals surface area contributed by atoms with Gasteiger partial charge >= 0.3 is 5.97 Å². The van der Waals surface area contributed by atoms with Crippen LogP contribution >= 0.6 is 0 Å². The van der Waals surface area contributed by atoms with E-state index in [1.807, 2.05) is 4.90 Å². The minimum atomic E-state index is -3.31. The highest BCUT2D eigenvalue weighted by Crippen LogP contribution is 2.26. The van der Waals surface area contributed by atoms with Crippen molar-refractivity contribution in [2.75, 3.05) is 24.6 Å². The molecule has 19 heavy (non-hydrogen) atoms. The van der Waals surface area contributed by atoms with E-state index in [1.165, 1.54) is 0 Å². The summed E-state index contributed by atoms with van der Waals surface area (Å²) in [6.07, 6.45) is 1.82. The van der Waals surface area contributed by atoms with E-state index in [0.717, 1.165) is 12.8 Å². The Hall–Kier alpha value is -1.15. The normalized spacial score (nSPS) is 15.6. The van der Waals surface area contributed by atoms with Crippen LogP contribution in [0.3, 0.4) is 0 Å². The number of nitrogens with two attached hydrogens (primary N) is 1. The van der Waals surface area contributed by atoms with Crippen molar-refractivity contribution >= 4 is 21.7 Å². The van der Waals surface area contributed by atoms with Crippen molar-refractivity contribution in [2.24, 2.45) is 5.73 Å². The molecule has 0 aromatic rings. The zero-order chi connectivity index (χ0) is 14.5. The third-order valence-electron chi connectivity index (χ3n) is 3.03. The highest BCUT2D eigenvalue weighted by molar-refractivity contribution is 7.91. The fraction of sp³-hybridized carbons (Fsp3) is 0.818. The van der Waals surface area contributed by atoms with Crippen molar-refractivity contribution in [3.05, 3.63) is 0 Å². The van der Waals surface area contributed by atoms with Crippen LogP contribution in [0.5, 0.6) is 0 Å². The van der Waals surface area contributed by atoms with Crippen molar-refractivity contribution in [3.8, 4) is 0 Å². The first-order valence-corrected chi connectivity index (χ1v) is 8.07. The van der Waals surface area contributed by atoms with Gasteiger partial charge in [-0.2, -0.15) is 0 Å². The van der Waals surface area contributed by atoms with Crippen LogP contribution in [0.2, 0.25) is 0 Å². The highest BCUT2D eigenvalue weighted by Gasteiger charge is 2.29. The number of hydrogen-bond donors (Lipinski definition) is 2. The van der Waals surface area contributed by atoms with Crippen LogP contribution in [-0.4, -0.2) is 60.9 Å². The van der Waals surface area contributed by atoms with Gasteiger partial charge in [0.25, 0.3) is 0 Å². The average Bonchev–Trinajstić information content (AvgIpc) is 3.10. The number of carboxylic acids is 1. The molecule has 0 radical (unpaired) electrons. The van der Waals surface area contributed by atoms with Gasteiger partial charge < -0.3 is 10.8 Å². The second-order valence-corrected chi connectivity index (χ2v) is 7.08. The predicted molar refractivity (Wildman–Crippen MR) is 69.3 cm³/mol. The lowest BCUT2D eigenvalue weighted by atomic mass is 10.3. The second kappa shape index (κ2) is 6.85. The monoisotopic (exact) mass is 292 g/mol. The molecule has 110 valence electrons. The van der Waals surface area contributed by atoms with Gasteiger partial charge in [-0.05, 0) is 12.8 Å². The molecule has 1 aliphatic rings. The molecule has 1 saturated carbocycles. The second-order valence-electron chi connectivity index (χ2n) is 4.78. The Morgan fingerprint density at radius 3 is 2.26 bits per heavy atom. The van der Waals surface area contributed by atoms with E-state index in [4.69, 9.17) is 10.8 Å². The molecule has 3 N–H and O–H groups in total. The first kappa shape index (κ1) is 15.9. The largest absolute Gasteiger partial charge is 0.481 e. The lowest BCUT2D eigenvalue weighted by Gasteiger charge is -2.20. The summed E-state index contributed by atoms with van der Waals surface area (Å²) in [6.45, 7) is 0.685. The molecule has 1 aliphatic carbocycles. The fourth-order valence-electron chi connectivity index (χ4n) is 1.77. The molecule has 0 unspecified atom stereocenters. The Bertz CT molecular complexity index is 430. The number of sulfone groups is 1. The summed E-state index contributed by atoms with van der Waals surface area (Å²) < 4.78 is 23.3. The van der Waals surface area contributed by atoms with Gasteiger partial charge in [0.1, 0.15) is 0 Å². The number of nitrogens with zero attached hydrogens (tertiary/aromatic N) is 1.